The number of carbonyl (C=O) groups excluding carboxylic acids is 1. The van der Waals surface area contributed by atoms with Gasteiger partial charge < -0.3 is 14.0 Å². The fourth-order valence-electron chi connectivity index (χ4n) is 2.79. The molecular weight excluding hydrogens is 390 g/mol. The first kappa shape index (κ1) is 18.4. The lowest BCUT2D eigenvalue weighted by Crippen LogP contribution is -2.35. The van der Waals surface area contributed by atoms with Crippen molar-refractivity contribution in [3.63, 3.8) is 0 Å². The Kier molecular flexibility index (Phi) is 5.20. The van der Waals surface area contributed by atoms with Crippen LogP contribution >= 0.6 is 11.3 Å². The van der Waals surface area contributed by atoms with E-state index < -0.39 is 17.5 Å². The fourth-order valence-corrected chi connectivity index (χ4v) is 3.82. The Balaban J connectivity index is 1.62. The van der Waals surface area contributed by atoms with Crippen LogP contribution in [-0.2, 0) is 20.8 Å². The number of imidazole rings is 1. The van der Waals surface area contributed by atoms with Crippen LogP contribution in [-0.4, -0.2) is 40.2 Å². The van der Waals surface area contributed by atoms with Crippen LogP contribution in [0, 0.1) is 11.6 Å². The van der Waals surface area contributed by atoms with Gasteiger partial charge in [0.15, 0.2) is 10.9 Å². The second kappa shape index (κ2) is 7.93. The molecule has 1 aliphatic heterocycles. The molecular formula is C18H16F2N4O3S. The van der Waals surface area contributed by atoms with E-state index in [1.165, 1.54) is 17.2 Å². The molecule has 2 aromatic heterocycles. The normalized spacial score (nSPS) is 13.7. The van der Waals surface area contributed by atoms with Crippen molar-refractivity contribution in [3.05, 3.63) is 54.5 Å². The van der Waals surface area contributed by atoms with Gasteiger partial charge in [0.05, 0.1) is 11.0 Å². The SMILES string of the molecule is O=C(C1=COCCO1)N(CCCn1ccnc1)c1nc2c(F)cc(F)cc2s1. The summed E-state index contributed by atoms with van der Waals surface area (Å²) in [6.45, 7) is 1.57. The van der Waals surface area contributed by atoms with Crippen LogP contribution in [0.4, 0.5) is 13.9 Å². The molecule has 1 amide bonds. The number of anilines is 1. The van der Waals surface area contributed by atoms with Gasteiger partial charge in [-0.25, -0.2) is 18.7 Å². The fraction of sp³-hybridized carbons (Fsp3) is 0.278. The minimum absolute atomic E-state index is 0.0311. The van der Waals surface area contributed by atoms with Gasteiger partial charge in [0, 0.05) is 31.5 Å². The predicted molar refractivity (Wildman–Crippen MR) is 98.7 cm³/mol. The molecule has 0 unspecified atom stereocenters. The first-order valence-corrected chi connectivity index (χ1v) is 9.41. The topological polar surface area (TPSA) is 69.5 Å². The Bertz CT molecular complexity index is 1020. The van der Waals surface area contributed by atoms with E-state index >= 15 is 0 Å². The number of ether oxygens (including phenoxy) is 2. The van der Waals surface area contributed by atoms with Crippen LogP contribution in [0.2, 0.25) is 0 Å². The summed E-state index contributed by atoms with van der Waals surface area (Å²) in [5.74, 6) is -1.84. The highest BCUT2D eigenvalue weighted by Crippen LogP contribution is 2.32. The summed E-state index contributed by atoms with van der Waals surface area (Å²) in [5, 5.41) is 0.269. The molecule has 3 aromatic rings. The van der Waals surface area contributed by atoms with Crippen molar-refractivity contribution >= 4 is 32.6 Å². The van der Waals surface area contributed by atoms with Crippen molar-refractivity contribution in [1.29, 1.82) is 0 Å². The standard InChI is InChI=1S/C18H16F2N4O3S/c19-12-8-13(20)16-15(9-12)28-18(22-16)24(4-1-3-23-5-2-21-11-23)17(25)14-10-26-6-7-27-14/h2,5,8-11H,1,3-4,6-7H2. The molecule has 1 aromatic carbocycles. The minimum Gasteiger partial charge on any atom is -0.494 e. The Labute approximate surface area is 162 Å². The molecule has 0 fully saturated rings. The van der Waals surface area contributed by atoms with Gasteiger partial charge in [-0.2, -0.15) is 0 Å². The zero-order chi connectivity index (χ0) is 19.5. The van der Waals surface area contributed by atoms with E-state index in [4.69, 9.17) is 9.47 Å². The number of amides is 1. The van der Waals surface area contributed by atoms with Crippen molar-refractivity contribution in [2.75, 3.05) is 24.7 Å². The minimum atomic E-state index is -0.764. The highest BCUT2D eigenvalue weighted by Gasteiger charge is 2.26. The first-order chi connectivity index (χ1) is 13.6. The van der Waals surface area contributed by atoms with Gasteiger partial charge in [0.2, 0.25) is 5.76 Å². The third kappa shape index (κ3) is 3.81. The van der Waals surface area contributed by atoms with Gasteiger partial charge in [-0.05, 0) is 12.5 Å². The third-order valence-electron chi connectivity index (χ3n) is 4.10. The van der Waals surface area contributed by atoms with Gasteiger partial charge >= 0.3 is 0 Å². The van der Waals surface area contributed by atoms with E-state index in [2.05, 4.69) is 9.97 Å². The molecule has 10 heteroatoms. The number of benzene rings is 1. The first-order valence-electron chi connectivity index (χ1n) is 8.59. The molecule has 0 atom stereocenters. The second-order valence-electron chi connectivity index (χ2n) is 6.04. The van der Waals surface area contributed by atoms with Crippen molar-refractivity contribution in [2.45, 2.75) is 13.0 Å². The molecule has 1 aliphatic rings. The summed E-state index contributed by atoms with van der Waals surface area (Å²) in [7, 11) is 0. The summed E-state index contributed by atoms with van der Waals surface area (Å²) >= 11 is 1.05. The molecule has 28 heavy (non-hydrogen) atoms. The molecule has 3 heterocycles. The molecule has 0 aliphatic carbocycles. The van der Waals surface area contributed by atoms with E-state index in [-0.39, 0.29) is 23.0 Å². The Morgan fingerprint density at radius 1 is 1.32 bits per heavy atom. The number of halogens is 2. The van der Waals surface area contributed by atoms with E-state index in [0.29, 0.717) is 30.8 Å². The Morgan fingerprint density at radius 2 is 2.21 bits per heavy atom. The summed E-state index contributed by atoms with van der Waals surface area (Å²) in [6, 6.07) is 1.98. The molecule has 0 saturated heterocycles. The van der Waals surface area contributed by atoms with Gasteiger partial charge in [-0.15, -0.1) is 0 Å². The summed E-state index contributed by atoms with van der Waals surface area (Å²) in [4.78, 5) is 22.6. The maximum Gasteiger partial charge on any atom is 0.298 e. The predicted octanol–water partition coefficient (Wildman–Crippen LogP) is 3.08. The molecule has 4 rings (SSSR count). The van der Waals surface area contributed by atoms with Gasteiger partial charge in [-0.3, -0.25) is 9.69 Å². The molecule has 0 spiro atoms. The van der Waals surface area contributed by atoms with Crippen LogP contribution in [0.3, 0.4) is 0 Å². The number of carbonyl (C=O) groups is 1. The Hall–Kier alpha value is -3.01. The van der Waals surface area contributed by atoms with Gasteiger partial charge in [0.1, 0.15) is 30.8 Å². The highest BCUT2D eigenvalue weighted by atomic mass is 32.1. The lowest BCUT2D eigenvalue weighted by molar-refractivity contribution is -0.119. The van der Waals surface area contributed by atoms with Gasteiger partial charge in [-0.1, -0.05) is 11.3 Å². The molecule has 0 saturated carbocycles. The zero-order valence-corrected chi connectivity index (χ0v) is 15.5. The molecule has 0 bridgehead atoms. The molecule has 0 N–H and O–H groups in total. The number of thiazole rings is 1. The average Bonchev–Trinajstić information content (AvgIpc) is 3.35. The molecule has 7 nitrogen and oxygen atoms in total. The number of aromatic nitrogens is 3. The molecule has 146 valence electrons. The lowest BCUT2D eigenvalue weighted by Gasteiger charge is -2.23. The van der Waals surface area contributed by atoms with E-state index in [0.717, 1.165) is 17.4 Å². The summed E-state index contributed by atoms with van der Waals surface area (Å²) < 4.78 is 40.3. The van der Waals surface area contributed by atoms with E-state index in [1.807, 2.05) is 10.8 Å². The molecule has 0 radical (unpaired) electrons. The third-order valence-corrected chi connectivity index (χ3v) is 5.12. The van der Waals surface area contributed by atoms with E-state index in [9.17, 15) is 13.6 Å². The second-order valence-corrected chi connectivity index (χ2v) is 7.05. The van der Waals surface area contributed by atoms with Crippen LogP contribution < -0.4 is 4.90 Å². The average molecular weight is 406 g/mol. The van der Waals surface area contributed by atoms with Crippen LogP contribution in [0.25, 0.3) is 10.2 Å². The van der Waals surface area contributed by atoms with Crippen LogP contribution in [0.15, 0.2) is 42.9 Å². The lowest BCUT2D eigenvalue weighted by atomic mass is 10.3. The number of aryl methyl sites for hydroxylation is 1. The van der Waals surface area contributed by atoms with Crippen LogP contribution in [0.5, 0.6) is 0 Å². The maximum atomic E-state index is 14.1. The van der Waals surface area contributed by atoms with Crippen molar-refractivity contribution < 1.29 is 23.0 Å². The van der Waals surface area contributed by atoms with Gasteiger partial charge in [0.25, 0.3) is 5.91 Å². The summed E-state index contributed by atoms with van der Waals surface area (Å²) in [6.07, 6.45) is 7.04. The quantitative estimate of drug-likeness (QED) is 0.629. The number of nitrogens with zero attached hydrogens (tertiary/aromatic N) is 4. The van der Waals surface area contributed by atoms with Crippen molar-refractivity contribution in [2.24, 2.45) is 0 Å². The van der Waals surface area contributed by atoms with E-state index in [1.54, 1.807) is 12.5 Å². The number of rotatable bonds is 6. The highest BCUT2D eigenvalue weighted by molar-refractivity contribution is 7.22. The van der Waals surface area contributed by atoms with Crippen LogP contribution in [0.1, 0.15) is 6.42 Å². The van der Waals surface area contributed by atoms with Crippen molar-refractivity contribution in [1.82, 2.24) is 14.5 Å². The zero-order valence-electron chi connectivity index (χ0n) is 14.7. The monoisotopic (exact) mass is 406 g/mol. The smallest absolute Gasteiger partial charge is 0.298 e. The number of hydrogen-bond acceptors (Lipinski definition) is 6. The van der Waals surface area contributed by atoms with Crippen molar-refractivity contribution in [3.8, 4) is 0 Å². The Morgan fingerprint density at radius 3 is 2.96 bits per heavy atom. The maximum absolute atomic E-state index is 14.1. The number of hydrogen-bond donors (Lipinski definition) is 0. The number of fused-ring (bicyclic) bond motifs is 1. The largest absolute Gasteiger partial charge is 0.494 e. The summed E-state index contributed by atoms with van der Waals surface area (Å²) in [5.41, 5.74) is 0.0311.